The third kappa shape index (κ3) is 2.75. The van der Waals surface area contributed by atoms with Crippen molar-refractivity contribution in [1.82, 2.24) is 0 Å². The summed E-state index contributed by atoms with van der Waals surface area (Å²) in [4.78, 5) is 0. The van der Waals surface area contributed by atoms with Crippen LogP contribution in [0.5, 0.6) is 0 Å². The van der Waals surface area contributed by atoms with E-state index in [1.807, 2.05) is 7.11 Å². The topological polar surface area (TPSA) is 53.6 Å². The fourth-order valence-corrected chi connectivity index (χ4v) is 8.38. The van der Waals surface area contributed by atoms with Gasteiger partial charge in [-0.15, -0.1) is 0 Å². The van der Waals surface area contributed by atoms with Gasteiger partial charge in [0.2, 0.25) is 5.70 Å². The van der Waals surface area contributed by atoms with Gasteiger partial charge in [0, 0.05) is 18.6 Å². The van der Waals surface area contributed by atoms with Gasteiger partial charge in [-0.25, -0.2) is 0 Å². The lowest BCUT2D eigenvalue weighted by Crippen LogP contribution is -2.59. The highest BCUT2D eigenvalue weighted by atomic mass is 16.5. The molecule has 0 aliphatic heterocycles. The number of pyridine rings is 1. The number of aromatic nitrogens is 1. The van der Waals surface area contributed by atoms with Gasteiger partial charge in [-0.3, -0.25) is 0 Å². The van der Waals surface area contributed by atoms with Crippen LogP contribution in [0.4, 0.5) is 0 Å². The summed E-state index contributed by atoms with van der Waals surface area (Å²) < 4.78 is 8.28. The van der Waals surface area contributed by atoms with Crippen molar-refractivity contribution in [2.45, 2.75) is 77.4 Å². The summed E-state index contributed by atoms with van der Waals surface area (Å²) >= 11 is 0. The van der Waals surface area contributed by atoms with E-state index in [9.17, 15) is 10.2 Å². The molecule has 1 heterocycles. The predicted molar refractivity (Wildman–Crippen MR) is 116 cm³/mol. The van der Waals surface area contributed by atoms with Crippen molar-refractivity contribution in [3.05, 3.63) is 36.4 Å². The fourth-order valence-electron chi connectivity index (χ4n) is 8.38. The van der Waals surface area contributed by atoms with Crippen LogP contribution in [0, 0.1) is 34.5 Å². The molecule has 0 aromatic carbocycles. The summed E-state index contributed by atoms with van der Waals surface area (Å²) in [7, 11) is 1.81. The zero-order chi connectivity index (χ0) is 21.1. The number of nitrogens with zero attached hydrogens (tertiary/aromatic N) is 1. The molecule has 4 aliphatic rings. The second-order valence-corrected chi connectivity index (χ2v) is 10.7. The lowest BCUT2D eigenvalue weighted by atomic mass is 9.43. The SMILES string of the molecule is CC[C@]12CC[C@H]3[C@@H]([C@@H](O)CC4C[C@@H](O)CC[C@@]43C)[C@@H]1CC(OC)=C2[n+]1ccccc1. The highest BCUT2D eigenvalue weighted by molar-refractivity contribution is 5.52. The zero-order valence-corrected chi connectivity index (χ0v) is 18.8. The lowest BCUT2D eigenvalue weighted by molar-refractivity contribution is -0.592. The minimum atomic E-state index is -0.271. The van der Waals surface area contributed by atoms with Gasteiger partial charge in [-0.05, 0) is 74.0 Å². The molecule has 8 atom stereocenters. The summed E-state index contributed by atoms with van der Waals surface area (Å²) in [6, 6.07) is 6.25. The molecule has 2 N–H and O–H groups in total. The number of hydrogen-bond acceptors (Lipinski definition) is 3. The van der Waals surface area contributed by atoms with Crippen LogP contribution in [0.25, 0.3) is 5.70 Å². The van der Waals surface area contributed by atoms with Gasteiger partial charge in [0.1, 0.15) is 0 Å². The number of aliphatic hydroxyl groups excluding tert-OH is 2. The molecule has 4 aliphatic carbocycles. The molecule has 5 rings (SSSR count). The Morgan fingerprint density at radius 2 is 1.83 bits per heavy atom. The third-order valence-electron chi connectivity index (χ3n) is 9.86. The molecule has 164 valence electrons. The van der Waals surface area contributed by atoms with E-state index in [1.54, 1.807) is 0 Å². The average Bonchev–Trinajstić information content (AvgIpc) is 3.10. The molecule has 1 aromatic rings. The highest BCUT2D eigenvalue weighted by Crippen LogP contribution is 2.68. The van der Waals surface area contributed by atoms with Crippen molar-refractivity contribution < 1.29 is 19.5 Å². The van der Waals surface area contributed by atoms with E-state index in [4.69, 9.17) is 4.74 Å². The molecule has 0 amide bonds. The van der Waals surface area contributed by atoms with Crippen molar-refractivity contribution in [3.63, 3.8) is 0 Å². The van der Waals surface area contributed by atoms with Crippen LogP contribution in [0.1, 0.15) is 65.2 Å². The fraction of sp³-hybridized carbons (Fsp3) is 0.731. The normalized spacial score (nSPS) is 45.5. The summed E-state index contributed by atoms with van der Waals surface area (Å²) in [5.74, 6) is 2.85. The van der Waals surface area contributed by atoms with Crippen LogP contribution in [0.2, 0.25) is 0 Å². The quantitative estimate of drug-likeness (QED) is 0.733. The molecule has 4 heteroatoms. The van der Waals surface area contributed by atoms with Gasteiger partial charge in [0.15, 0.2) is 18.2 Å². The van der Waals surface area contributed by atoms with Crippen LogP contribution in [-0.2, 0) is 4.74 Å². The molecule has 1 aromatic heterocycles. The van der Waals surface area contributed by atoms with Crippen LogP contribution in [0.3, 0.4) is 0 Å². The van der Waals surface area contributed by atoms with Gasteiger partial charge in [0.25, 0.3) is 0 Å². The molecule has 0 radical (unpaired) electrons. The average molecular weight is 413 g/mol. The van der Waals surface area contributed by atoms with E-state index in [2.05, 4.69) is 49.0 Å². The molecule has 3 fully saturated rings. The summed E-state index contributed by atoms with van der Waals surface area (Å²) in [6.07, 6.45) is 11.9. The zero-order valence-electron chi connectivity index (χ0n) is 18.8. The first-order chi connectivity index (χ1) is 14.4. The van der Waals surface area contributed by atoms with E-state index in [0.717, 1.165) is 50.7 Å². The smallest absolute Gasteiger partial charge is 0.231 e. The molecule has 30 heavy (non-hydrogen) atoms. The highest BCUT2D eigenvalue weighted by Gasteiger charge is 2.65. The van der Waals surface area contributed by atoms with Crippen LogP contribution in [-0.4, -0.2) is 29.5 Å². The van der Waals surface area contributed by atoms with Gasteiger partial charge in [-0.2, -0.15) is 4.57 Å². The van der Waals surface area contributed by atoms with E-state index in [0.29, 0.717) is 23.7 Å². The Kier molecular flexibility index (Phi) is 5.02. The van der Waals surface area contributed by atoms with E-state index in [-0.39, 0.29) is 23.0 Å². The second kappa shape index (κ2) is 7.34. The maximum absolute atomic E-state index is 11.5. The van der Waals surface area contributed by atoms with Crippen molar-refractivity contribution in [2.75, 3.05) is 7.11 Å². The molecular weight excluding hydrogens is 374 g/mol. The number of fused-ring (bicyclic) bond motifs is 5. The number of rotatable bonds is 3. The summed E-state index contributed by atoms with van der Waals surface area (Å²) in [5, 5.41) is 21.8. The molecule has 4 nitrogen and oxygen atoms in total. The first-order valence-corrected chi connectivity index (χ1v) is 12.0. The second-order valence-electron chi connectivity index (χ2n) is 10.7. The third-order valence-corrected chi connectivity index (χ3v) is 9.86. The summed E-state index contributed by atoms with van der Waals surface area (Å²) in [6.45, 7) is 4.80. The van der Waals surface area contributed by atoms with Crippen LogP contribution in [0.15, 0.2) is 36.4 Å². The Balaban J connectivity index is 1.56. The van der Waals surface area contributed by atoms with Crippen molar-refractivity contribution >= 4 is 5.70 Å². The largest absolute Gasteiger partial charge is 0.495 e. The molecule has 3 saturated carbocycles. The molecule has 0 bridgehead atoms. The van der Waals surface area contributed by atoms with Gasteiger partial charge in [-0.1, -0.05) is 19.9 Å². The number of aliphatic hydroxyl groups is 2. The monoisotopic (exact) mass is 412 g/mol. The molecular formula is C26H38NO3+. The van der Waals surface area contributed by atoms with Gasteiger partial charge < -0.3 is 14.9 Å². The van der Waals surface area contributed by atoms with Gasteiger partial charge in [0.05, 0.1) is 24.7 Å². The Morgan fingerprint density at radius 1 is 1.07 bits per heavy atom. The minimum Gasteiger partial charge on any atom is -0.495 e. The van der Waals surface area contributed by atoms with Crippen molar-refractivity contribution in [1.29, 1.82) is 0 Å². The Morgan fingerprint density at radius 3 is 2.53 bits per heavy atom. The maximum Gasteiger partial charge on any atom is 0.231 e. The maximum atomic E-state index is 11.5. The first kappa shape index (κ1) is 20.5. The Hall–Kier alpha value is -1.39. The van der Waals surface area contributed by atoms with Crippen LogP contribution >= 0.6 is 0 Å². The number of hydrogen-bond donors (Lipinski definition) is 2. The van der Waals surface area contributed by atoms with Gasteiger partial charge >= 0.3 is 0 Å². The van der Waals surface area contributed by atoms with Crippen LogP contribution < -0.4 is 4.57 Å². The van der Waals surface area contributed by atoms with Crippen molar-refractivity contribution in [2.24, 2.45) is 34.5 Å². The molecule has 1 unspecified atom stereocenters. The number of methoxy groups -OCH3 is 1. The Labute approximate surface area is 181 Å². The van der Waals surface area contributed by atoms with E-state index in [1.165, 1.54) is 12.1 Å². The van der Waals surface area contributed by atoms with Crippen molar-refractivity contribution in [3.8, 4) is 0 Å². The summed E-state index contributed by atoms with van der Waals surface area (Å²) in [5.41, 5.74) is 1.64. The Bertz CT molecular complexity index is 823. The van der Waals surface area contributed by atoms with E-state index < -0.39 is 0 Å². The van der Waals surface area contributed by atoms with E-state index >= 15 is 0 Å². The predicted octanol–water partition coefficient (Wildman–Crippen LogP) is 4.16. The standard InChI is InChI=1S/C26H38NO3/c1-4-26-11-9-19-23(21(29)15-17-14-18(28)8-10-25(17,19)2)20(26)16-22(30-3)24(26)27-12-6-5-7-13-27/h5-7,12-13,17-21,23,28-29H,4,8-11,14-16H2,1-3H3/q+1/t17?,18-,19-,20-,21-,23+,25-,26-/m0/s1. The minimum absolute atomic E-state index is 0.0664. The lowest BCUT2D eigenvalue weighted by Gasteiger charge is -2.61. The number of ether oxygens (including phenoxy) is 1. The first-order valence-electron chi connectivity index (χ1n) is 12.0. The number of allylic oxidation sites excluding steroid dienone is 2. The molecule has 0 spiro atoms. The molecule has 0 saturated heterocycles.